The van der Waals surface area contributed by atoms with Gasteiger partial charge < -0.3 is 9.16 Å². The number of esters is 1. The zero-order valence-electron chi connectivity index (χ0n) is 20.3. The summed E-state index contributed by atoms with van der Waals surface area (Å²) in [4.78, 5) is 24.6. The van der Waals surface area contributed by atoms with Crippen LogP contribution in [0.1, 0.15) is 53.9 Å². The van der Waals surface area contributed by atoms with Crippen molar-refractivity contribution >= 4 is 30.4 Å². The van der Waals surface area contributed by atoms with E-state index in [0.29, 0.717) is 12.8 Å². The van der Waals surface area contributed by atoms with Crippen LogP contribution in [0.15, 0.2) is 72.3 Å². The number of rotatable bonds is 5. The molecule has 0 spiro atoms. The minimum absolute atomic E-state index is 0.111. The summed E-state index contributed by atoms with van der Waals surface area (Å²) in [5.74, 6) is -0.362. The van der Waals surface area contributed by atoms with Gasteiger partial charge in [0.2, 0.25) is 0 Å². The second-order valence-corrected chi connectivity index (χ2v) is 14.8. The first-order valence-electron chi connectivity index (χ1n) is 11.8. The Morgan fingerprint density at radius 3 is 2.03 bits per heavy atom. The van der Waals surface area contributed by atoms with E-state index in [1.807, 2.05) is 19.1 Å². The number of fused-ring (bicyclic) bond motifs is 1. The third-order valence-electron chi connectivity index (χ3n) is 7.33. The van der Waals surface area contributed by atoms with Crippen LogP contribution in [0.2, 0.25) is 5.04 Å². The molecular weight excluding hydrogens is 428 g/mol. The lowest BCUT2D eigenvalue weighted by atomic mass is 9.72. The fourth-order valence-electron chi connectivity index (χ4n) is 5.85. The van der Waals surface area contributed by atoms with Gasteiger partial charge in [-0.2, -0.15) is 0 Å². The maximum Gasteiger partial charge on any atom is 0.303 e. The molecule has 2 aromatic carbocycles. The SMILES string of the molecule is CC(=O)O[C@@]1(C)[C@@H]2CC(=O)C=C2CC[C@H]1O[Si](c1ccccc1)(c1ccccc1)C(C)(C)C. The molecule has 4 nitrogen and oxygen atoms in total. The van der Waals surface area contributed by atoms with Crippen molar-refractivity contribution < 1.29 is 18.8 Å². The average Bonchev–Trinajstić information content (AvgIpc) is 3.15. The van der Waals surface area contributed by atoms with Gasteiger partial charge in [0, 0.05) is 19.3 Å². The Labute approximate surface area is 198 Å². The molecule has 2 aliphatic rings. The van der Waals surface area contributed by atoms with E-state index >= 15 is 0 Å². The van der Waals surface area contributed by atoms with E-state index in [-0.39, 0.29) is 28.8 Å². The molecule has 0 heterocycles. The Balaban J connectivity index is 1.88. The molecule has 1 fully saturated rings. The Kier molecular flexibility index (Phi) is 6.23. The molecule has 174 valence electrons. The maximum absolute atomic E-state index is 12.3. The summed E-state index contributed by atoms with van der Waals surface area (Å²) in [7, 11) is -2.83. The van der Waals surface area contributed by atoms with Crippen molar-refractivity contribution in [1.82, 2.24) is 0 Å². The molecule has 5 heteroatoms. The Bertz CT molecular complexity index is 1010. The topological polar surface area (TPSA) is 52.6 Å². The lowest BCUT2D eigenvalue weighted by molar-refractivity contribution is -0.178. The third kappa shape index (κ3) is 4.13. The normalized spacial score (nSPS) is 25.4. The smallest absolute Gasteiger partial charge is 0.303 e. The number of benzene rings is 2. The van der Waals surface area contributed by atoms with Crippen LogP contribution >= 0.6 is 0 Å². The molecule has 2 aromatic rings. The first-order chi connectivity index (χ1) is 15.6. The second kappa shape index (κ2) is 8.69. The molecule has 0 radical (unpaired) electrons. The van der Waals surface area contributed by atoms with Gasteiger partial charge in [-0.1, -0.05) is 87.0 Å². The van der Waals surface area contributed by atoms with Crippen LogP contribution < -0.4 is 10.4 Å². The predicted octanol–water partition coefficient (Wildman–Crippen LogP) is 4.56. The van der Waals surface area contributed by atoms with Gasteiger partial charge in [0.15, 0.2) is 5.78 Å². The number of ether oxygens (including phenoxy) is 1. The fourth-order valence-corrected chi connectivity index (χ4v) is 10.6. The summed E-state index contributed by atoms with van der Waals surface area (Å²) in [5.41, 5.74) is 0.195. The molecule has 3 atom stereocenters. The summed E-state index contributed by atoms with van der Waals surface area (Å²) < 4.78 is 13.4. The molecule has 2 aliphatic carbocycles. The third-order valence-corrected chi connectivity index (χ3v) is 12.4. The minimum Gasteiger partial charge on any atom is -0.456 e. The Morgan fingerprint density at radius 2 is 1.55 bits per heavy atom. The van der Waals surface area contributed by atoms with E-state index in [0.717, 1.165) is 12.0 Å². The van der Waals surface area contributed by atoms with E-state index in [9.17, 15) is 9.59 Å². The molecule has 0 bridgehead atoms. The van der Waals surface area contributed by atoms with Gasteiger partial charge in [-0.15, -0.1) is 0 Å². The van der Waals surface area contributed by atoms with Crippen LogP contribution in [0.25, 0.3) is 0 Å². The fraction of sp³-hybridized carbons (Fsp3) is 0.429. The van der Waals surface area contributed by atoms with E-state index in [1.54, 1.807) is 6.08 Å². The van der Waals surface area contributed by atoms with Crippen LogP contribution in [0.4, 0.5) is 0 Å². The highest BCUT2D eigenvalue weighted by molar-refractivity contribution is 6.99. The van der Waals surface area contributed by atoms with Crippen molar-refractivity contribution in [3.8, 4) is 0 Å². The second-order valence-electron chi connectivity index (χ2n) is 10.5. The van der Waals surface area contributed by atoms with E-state index < -0.39 is 13.9 Å². The van der Waals surface area contributed by atoms with Crippen LogP contribution in [0.5, 0.6) is 0 Å². The molecule has 0 aliphatic heterocycles. The van der Waals surface area contributed by atoms with Gasteiger partial charge >= 0.3 is 5.97 Å². The molecule has 0 saturated heterocycles. The molecular formula is C28H34O4Si. The Morgan fingerprint density at radius 1 is 1.00 bits per heavy atom. The minimum atomic E-state index is -2.83. The number of allylic oxidation sites excluding steroid dienone is 1. The van der Waals surface area contributed by atoms with Crippen LogP contribution in [-0.2, 0) is 18.8 Å². The van der Waals surface area contributed by atoms with Gasteiger partial charge in [0.25, 0.3) is 8.32 Å². The highest BCUT2D eigenvalue weighted by Crippen LogP contribution is 2.49. The average molecular weight is 463 g/mol. The van der Waals surface area contributed by atoms with Crippen molar-refractivity contribution in [2.45, 2.75) is 70.6 Å². The summed E-state index contributed by atoms with van der Waals surface area (Å²) in [6.07, 6.45) is 3.31. The Hall–Kier alpha value is -2.50. The van der Waals surface area contributed by atoms with Gasteiger partial charge in [0.1, 0.15) is 5.60 Å². The first-order valence-corrected chi connectivity index (χ1v) is 13.7. The number of hydrogen-bond acceptors (Lipinski definition) is 4. The monoisotopic (exact) mass is 462 g/mol. The first kappa shape index (κ1) is 23.6. The number of hydrogen-bond donors (Lipinski definition) is 0. The van der Waals surface area contributed by atoms with E-state index in [1.165, 1.54) is 17.3 Å². The van der Waals surface area contributed by atoms with Crippen molar-refractivity contribution in [2.24, 2.45) is 5.92 Å². The molecule has 1 saturated carbocycles. The molecule has 0 unspecified atom stereocenters. The van der Waals surface area contributed by atoms with Crippen LogP contribution in [0.3, 0.4) is 0 Å². The largest absolute Gasteiger partial charge is 0.456 e. The van der Waals surface area contributed by atoms with Crippen molar-refractivity contribution in [3.63, 3.8) is 0 Å². The van der Waals surface area contributed by atoms with Crippen LogP contribution in [0, 0.1) is 5.92 Å². The number of ketones is 1. The summed E-state index contributed by atoms with van der Waals surface area (Å²) in [6.45, 7) is 10.1. The van der Waals surface area contributed by atoms with Gasteiger partial charge in [-0.3, -0.25) is 9.59 Å². The molecule has 0 amide bonds. The highest BCUT2D eigenvalue weighted by Gasteiger charge is 2.58. The number of carbonyl (C=O) groups is 2. The zero-order valence-corrected chi connectivity index (χ0v) is 21.3. The molecule has 0 N–H and O–H groups in total. The summed E-state index contributed by atoms with van der Waals surface area (Å²) in [5, 5.41) is 2.20. The summed E-state index contributed by atoms with van der Waals surface area (Å²) in [6, 6.07) is 21.0. The van der Waals surface area contributed by atoms with Crippen LogP contribution in [-0.4, -0.2) is 31.8 Å². The standard InChI is InChI=1S/C28H34O4Si/c1-20(29)31-28(5)25-19-22(30)18-21(25)16-17-26(28)32-33(27(2,3)4,23-12-8-6-9-13-23)24-14-10-7-11-15-24/h6-15,18,25-26H,16-17,19H2,1-5H3/t25-,26-,28+/m1/s1. The molecule has 0 aromatic heterocycles. The van der Waals surface area contributed by atoms with Gasteiger partial charge in [0.05, 0.1) is 6.10 Å². The lowest BCUT2D eigenvalue weighted by Gasteiger charge is -2.52. The zero-order chi connectivity index (χ0) is 23.9. The predicted molar refractivity (Wildman–Crippen MR) is 133 cm³/mol. The molecule has 4 rings (SSSR count). The van der Waals surface area contributed by atoms with Crippen molar-refractivity contribution in [2.75, 3.05) is 0 Å². The summed E-state index contributed by atoms with van der Waals surface area (Å²) >= 11 is 0. The molecule has 33 heavy (non-hydrogen) atoms. The quantitative estimate of drug-likeness (QED) is 0.483. The maximum atomic E-state index is 12.3. The van der Waals surface area contributed by atoms with E-state index in [4.69, 9.17) is 9.16 Å². The van der Waals surface area contributed by atoms with Gasteiger partial charge in [-0.05, 0) is 41.3 Å². The van der Waals surface area contributed by atoms with Crippen molar-refractivity contribution in [3.05, 3.63) is 72.3 Å². The van der Waals surface area contributed by atoms with Gasteiger partial charge in [-0.25, -0.2) is 0 Å². The highest BCUT2D eigenvalue weighted by atomic mass is 28.4. The number of carbonyl (C=O) groups excluding carboxylic acids is 2. The lowest BCUT2D eigenvalue weighted by Crippen LogP contribution is -2.70. The van der Waals surface area contributed by atoms with Crippen molar-refractivity contribution in [1.29, 1.82) is 0 Å². The van der Waals surface area contributed by atoms with E-state index in [2.05, 4.69) is 69.3 Å².